The molecule has 1 fully saturated rings. The molecule has 1 aliphatic heterocycles. The first-order valence-electron chi connectivity index (χ1n) is 7.24. The summed E-state index contributed by atoms with van der Waals surface area (Å²) < 4.78 is 27.8. The van der Waals surface area contributed by atoms with Gasteiger partial charge >= 0.3 is 0 Å². The van der Waals surface area contributed by atoms with Gasteiger partial charge in [0.2, 0.25) is 0 Å². The van der Waals surface area contributed by atoms with Crippen LogP contribution in [0.3, 0.4) is 0 Å². The van der Waals surface area contributed by atoms with Gasteiger partial charge in [0.25, 0.3) is 15.9 Å². The standard InChI is InChI=1S/C13H20BrN3O3S2/c1-3-15-13(18)10(2)16-6-8-17(9-7-16)22(19,20)12-5-4-11(14)21-12/h4-5,10H,3,6-9H2,1-2H3,(H,15,18)/p+1/t10-/m0/s1. The van der Waals surface area contributed by atoms with Crippen LogP contribution in [0.15, 0.2) is 20.1 Å². The number of hydrogen-bond acceptors (Lipinski definition) is 4. The molecular formula is C13H21BrN3O3S2+. The van der Waals surface area contributed by atoms with E-state index in [2.05, 4.69) is 21.2 Å². The van der Waals surface area contributed by atoms with Gasteiger partial charge in [0.15, 0.2) is 6.04 Å². The van der Waals surface area contributed by atoms with Crippen LogP contribution in [0.2, 0.25) is 0 Å². The molecule has 0 aliphatic carbocycles. The fourth-order valence-corrected chi connectivity index (χ4v) is 6.13. The number of thiophene rings is 1. The van der Waals surface area contributed by atoms with Crippen LogP contribution in [0, 0.1) is 0 Å². The molecule has 1 amide bonds. The average molecular weight is 411 g/mol. The third-order valence-corrected chi connectivity index (χ3v) is 7.85. The molecule has 0 aromatic carbocycles. The average Bonchev–Trinajstić information content (AvgIpc) is 2.94. The summed E-state index contributed by atoms with van der Waals surface area (Å²) in [6.07, 6.45) is 0. The van der Waals surface area contributed by atoms with Crippen LogP contribution in [0.5, 0.6) is 0 Å². The number of likely N-dealkylation sites (N-methyl/N-ethyl adjacent to an activating group) is 1. The number of carbonyl (C=O) groups excluding carboxylic acids is 1. The minimum absolute atomic E-state index is 0.0241. The van der Waals surface area contributed by atoms with Crippen LogP contribution in [0.25, 0.3) is 0 Å². The smallest absolute Gasteiger partial charge is 0.278 e. The number of amides is 1. The van der Waals surface area contributed by atoms with Crippen molar-refractivity contribution in [2.24, 2.45) is 0 Å². The molecule has 0 spiro atoms. The lowest BCUT2D eigenvalue weighted by Gasteiger charge is -2.33. The van der Waals surface area contributed by atoms with Gasteiger partial charge in [-0.2, -0.15) is 4.31 Å². The maximum absolute atomic E-state index is 12.5. The fraction of sp³-hybridized carbons (Fsp3) is 0.615. The van der Waals surface area contributed by atoms with Crippen LogP contribution >= 0.6 is 27.3 Å². The van der Waals surface area contributed by atoms with Crippen molar-refractivity contribution in [2.75, 3.05) is 32.7 Å². The molecule has 0 saturated carbocycles. The summed E-state index contributed by atoms with van der Waals surface area (Å²) in [7, 11) is -3.41. The molecule has 1 aromatic heterocycles. The van der Waals surface area contributed by atoms with Crippen LogP contribution in [0.1, 0.15) is 13.8 Å². The van der Waals surface area contributed by atoms with Gasteiger partial charge in [0, 0.05) is 6.54 Å². The number of quaternary nitrogens is 1. The van der Waals surface area contributed by atoms with Gasteiger partial charge in [0.1, 0.15) is 4.21 Å². The van der Waals surface area contributed by atoms with E-state index in [9.17, 15) is 13.2 Å². The molecule has 1 aliphatic rings. The quantitative estimate of drug-likeness (QED) is 0.713. The Morgan fingerprint density at radius 1 is 1.45 bits per heavy atom. The third kappa shape index (κ3) is 3.88. The fourth-order valence-electron chi connectivity index (χ4n) is 2.52. The van der Waals surface area contributed by atoms with E-state index >= 15 is 0 Å². The van der Waals surface area contributed by atoms with Crippen molar-refractivity contribution in [1.82, 2.24) is 9.62 Å². The number of sulfonamides is 1. The highest BCUT2D eigenvalue weighted by Crippen LogP contribution is 2.28. The molecular weight excluding hydrogens is 390 g/mol. The van der Waals surface area contributed by atoms with E-state index in [1.165, 1.54) is 15.6 Å². The zero-order valence-electron chi connectivity index (χ0n) is 12.6. The predicted octanol–water partition coefficient (Wildman–Crippen LogP) is -0.0756. The van der Waals surface area contributed by atoms with Gasteiger partial charge in [-0.3, -0.25) is 4.79 Å². The van der Waals surface area contributed by atoms with Crippen LogP contribution in [-0.2, 0) is 14.8 Å². The molecule has 6 nitrogen and oxygen atoms in total. The normalized spacial score (nSPS) is 19.0. The maximum Gasteiger partial charge on any atom is 0.278 e. The Morgan fingerprint density at radius 3 is 2.59 bits per heavy atom. The van der Waals surface area contributed by atoms with Crippen LogP contribution in [0.4, 0.5) is 0 Å². The van der Waals surface area contributed by atoms with E-state index in [4.69, 9.17) is 0 Å². The molecule has 1 saturated heterocycles. The molecule has 1 aromatic rings. The second-order valence-electron chi connectivity index (χ2n) is 5.24. The van der Waals surface area contributed by atoms with Gasteiger partial charge in [-0.25, -0.2) is 8.42 Å². The second kappa shape index (κ2) is 7.39. The highest BCUT2D eigenvalue weighted by atomic mass is 79.9. The van der Waals surface area contributed by atoms with Gasteiger partial charge in [-0.15, -0.1) is 11.3 Å². The first kappa shape index (κ1) is 17.9. The zero-order valence-corrected chi connectivity index (χ0v) is 15.9. The first-order chi connectivity index (χ1) is 10.4. The van der Waals surface area contributed by atoms with Crippen molar-refractivity contribution in [3.63, 3.8) is 0 Å². The van der Waals surface area contributed by atoms with E-state index < -0.39 is 10.0 Å². The molecule has 0 radical (unpaired) electrons. The molecule has 0 bridgehead atoms. The minimum atomic E-state index is -3.41. The molecule has 1 atom stereocenters. The monoisotopic (exact) mass is 410 g/mol. The Balaban J connectivity index is 1.99. The Hall–Kier alpha value is -0.480. The van der Waals surface area contributed by atoms with E-state index in [0.29, 0.717) is 36.9 Å². The van der Waals surface area contributed by atoms with Gasteiger partial charge in [0.05, 0.1) is 30.0 Å². The van der Waals surface area contributed by atoms with Gasteiger partial charge in [-0.1, -0.05) is 0 Å². The predicted molar refractivity (Wildman–Crippen MR) is 89.6 cm³/mol. The summed E-state index contributed by atoms with van der Waals surface area (Å²) in [5, 5.41) is 2.82. The topological polar surface area (TPSA) is 70.9 Å². The number of halogens is 1. The summed E-state index contributed by atoms with van der Waals surface area (Å²) in [4.78, 5) is 13.0. The maximum atomic E-state index is 12.5. The molecule has 2 rings (SSSR count). The lowest BCUT2D eigenvalue weighted by molar-refractivity contribution is -0.917. The van der Waals surface area contributed by atoms with Crippen LogP contribution in [-0.4, -0.2) is 57.4 Å². The molecule has 9 heteroatoms. The van der Waals surface area contributed by atoms with Crippen molar-refractivity contribution >= 4 is 43.2 Å². The van der Waals surface area contributed by atoms with E-state index in [1.807, 2.05) is 13.8 Å². The summed E-state index contributed by atoms with van der Waals surface area (Å²) in [6.45, 7) is 6.57. The third-order valence-electron chi connectivity index (χ3n) is 3.86. The van der Waals surface area contributed by atoms with Crippen LogP contribution < -0.4 is 10.2 Å². The Morgan fingerprint density at radius 2 is 2.09 bits per heavy atom. The Labute approximate surface area is 143 Å². The number of piperazine rings is 1. The lowest BCUT2D eigenvalue weighted by atomic mass is 10.2. The minimum Gasteiger partial charge on any atom is -0.351 e. The van der Waals surface area contributed by atoms with Crippen molar-refractivity contribution < 1.29 is 18.1 Å². The highest BCUT2D eigenvalue weighted by molar-refractivity contribution is 9.11. The number of rotatable bonds is 5. The summed E-state index contributed by atoms with van der Waals surface area (Å²) >= 11 is 4.52. The SMILES string of the molecule is CCNC(=O)[C@H](C)[NH+]1CCN(S(=O)(=O)c2ccc(Br)s2)CC1. The molecule has 0 unspecified atom stereocenters. The number of carbonyl (C=O) groups is 1. The number of hydrogen-bond donors (Lipinski definition) is 2. The summed E-state index contributed by atoms with van der Waals surface area (Å²) in [5.74, 6) is 0.0241. The Kier molecular flexibility index (Phi) is 6.00. The first-order valence-corrected chi connectivity index (χ1v) is 10.3. The largest absolute Gasteiger partial charge is 0.351 e. The second-order valence-corrected chi connectivity index (χ2v) is 9.86. The lowest BCUT2D eigenvalue weighted by Crippen LogP contribution is -3.19. The highest BCUT2D eigenvalue weighted by Gasteiger charge is 2.34. The molecule has 124 valence electrons. The summed E-state index contributed by atoms with van der Waals surface area (Å²) in [6, 6.07) is 3.22. The van der Waals surface area contributed by atoms with E-state index in [0.717, 1.165) is 8.69 Å². The Bertz CT molecular complexity index is 624. The van der Waals surface area contributed by atoms with Crippen molar-refractivity contribution in [3.8, 4) is 0 Å². The van der Waals surface area contributed by atoms with Crippen molar-refractivity contribution in [2.45, 2.75) is 24.1 Å². The van der Waals surface area contributed by atoms with Gasteiger partial charge in [-0.05, 0) is 41.9 Å². The van der Waals surface area contributed by atoms with Crippen molar-refractivity contribution in [3.05, 3.63) is 15.9 Å². The summed E-state index contributed by atoms with van der Waals surface area (Å²) in [5.41, 5.74) is 0. The molecule has 2 heterocycles. The van der Waals surface area contributed by atoms with E-state index in [1.54, 1.807) is 12.1 Å². The number of nitrogens with zero attached hydrogens (tertiary/aromatic N) is 1. The van der Waals surface area contributed by atoms with Gasteiger partial charge < -0.3 is 10.2 Å². The molecule has 2 N–H and O–H groups in total. The van der Waals surface area contributed by atoms with E-state index in [-0.39, 0.29) is 11.9 Å². The van der Waals surface area contributed by atoms with Crippen molar-refractivity contribution in [1.29, 1.82) is 0 Å². The molecule has 22 heavy (non-hydrogen) atoms. The number of nitrogens with one attached hydrogen (secondary N) is 2. The zero-order chi connectivity index (χ0) is 16.3.